The van der Waals surface area contributed by atoms with E-state index < -0.39 is 0 Å². The van der Waals surface area contributed by atoms with Crippen molar-refractivity contribution in [1.29, 1.82) is 0 Å². The van der Waals surface area contributed by atoms with Gasteiger partial charge in [-0.15, -0.1) is 0 Å². The molecule has 2 aromatic rings. The lowest BCUT2D eigenvalue weighted by molar-refractivity contribution is 0.874. The van der Waals surface area contributed by atoms with Crippen LogP contribution in [0.25, 0.3) is 0 Å². The van der Waals surface area contributed by atoms with Crippen LogP contribution in [-0.2, 0) is 6.54 Å². The number of benzene rings is 1. The van der Waals surface area contributed by atoms with Gasteiger partial charge in [0.1, 0.15) is 5.82 Å². The van der Waals surface area contributed by atoms with E-state index in [1.165, 1.54) is 11.1 Å². The normalized spacial score (nSPS) is 10.5. The van der Waals surface area contributed by atoms with Gasteiger partial charge in [0.25, 0.3) is 0 Å². The van der Waals surface area contributed by atoms with Gasteiger partial charge in [-0.1, -0.05) is 29.8 Å². The number of hydrogen-bond donors (Lipinski definition) is 2. The lowest BCUT2D eigenvalue weighted by Crippen LogP contribution is -2.13. The van der Waals surface area contributed by atoms with Crippen molar-refractivity contribution in [3.8, 4) is 0 Å². The summed E-state index contributed by atoms with van der Waals surface area (Å²) in [5.41, 5.74) is 2.51. The molecule has 0 aliphatic rings. The first-order valence-corrected chi connectivity index (χ1v) is 6.52. The summed E-state index contributed by atoms with van der Waals surface area (Å²) >= 11 is 0. The summed E-state index contributed by atoms with van der Waals surface area (Å²) in [6, 6.07) is 10.6. The molecule has 0 radical (unpaired) electrons. The van der Waals surface area contributed by atoms with Crippen LogP contribution in [0.15, 0.2) is 36.5 Å². The van der Waals surface area contributed by atoms with Crippen LogP contribution in [0.1, 0.15) is 25.0 Å². The van der Waals surface area contributed by atoms with Gasteiger partial charge < -0.3 is 10.6 Å². The molecule has 0 fully saturated rings. The largest absolute Gasteiger partial charge is 0.366 e. The Labute approximate surface area is 114 Å². The Bertz CT molecular complexity index is 537. The molecule has 0 atom stereocenters. The Morgan fingerprint density at radius 1 is 1.21 bits per heavy atom. The molecule has 0 unspecified atom stereocenters. The van der Waals surface area contributed by atoms with Crippen molar-refractivity contribution < 1.29 is 0 Å². The molecular formula is C15H20N4. The van der Waals surface area contributed by atoms with Crippen LogP contribution in [0.4, 0.5) is 11.8 Å². The monoisotopic (exact) mass is 256 g/mol. The van der Waals surface area contributed by atoms with E-state index in [1.54, 1.807) is 6.20 Å². The van der Waals surface area contributed by atoms with Crippen LogP contribution < -0.4 is 10.6 Å². The van der Waals surface area contributed by atoms with E-state index in [1.807, 2.05) is 6.07 Å². The average Bonchev–Trinajstić information content (AvgIpc) is 2.36. The molecule has 0 bridgehead atoms. The van der Waals surface area contributed by atoms with Crippen LogP contribution in [0, 0.1) is 6.92 Å². The molecule has 0 saturated carbocycles. The van der Waals surface area contributed by atoms with Gasteiger partial charge in [-0.05, 0) is 32.4 Å². The third kappa shape index (κ3) is 4.25. The maximum atomic E-state index is 4.42. The zero-order chi connectivity index (χ0) is 13.7. The maximum absolute atomic E-state index is 4.42. The highest BCUT2D eigenvalue weighted by atomic mass is 15.1. The second-order valence-electron chi connectivity index (χ2n) is 4.91. The molecule has 19 heavy (non-hydrogen) atoms. The molecule has 0 aliphatic carbocycles. The summed E-state index contributed by atoms with van der Waals surface area (Å²) < 4.78 is 0. The molecule has 0 spiro atoms. The number of nitrogens with zero attached hydrogens (tertiary/aromatic N) is 2. The van der Waals surface area contributed by atoms with Crippen LogP contribution >= 0.6 is 0 Å². The minimum atomic E-state index is 0.326. The molecule has 1 aromatic heterocycles. The second-order valence-corrected chi connectivity index (χ2v) is 4.91. The van der Waals surface area contributed by atoms with E-state index in [4.69, 9.17) is 0 Å². The fraction of sp³-hybridized carbons (Fsp3) is 0.333. The molecule has 4 heteroatoms. The zero-order valence-corrected chi connectivity index (χ0v) is 11.6. The van der Waals surface area contributed by atoms with Crippen LogP contribution in [0.3, 0.4) is 0 Å². The first-order chi connectivity index (χ1) is 9.13. The van der Waals surface area contributed by atoms with Crippen molar-refractivity contribution in [2.75, 3.05) is 10.6 Å². The van der Waals surface area contributed by atoms with Crippen molar-refractivity contribution in [3.05, 3.63) is 47.7 Å². The minimum Gasteiger partial charge on any atom is -0.366 e. The van der Waals surface area contributed by atoms with Crippen molar-refractivity contribution in [3.63, 3.8) is 0 Å². The average molecular weight is 256 g/mol. The van der Waals surface area contributed by atoms with Crippen molar-refractivity contribution in [2.45, 2.75) is 33.4 Å². The number of hydrogen-bond acceptors (Lipinski definition) is 4. The summed E-state index contributed by atoms with van der Waals surface area (Å²) in [6.07, 6.45) is 1.76. The predicted molar refractivity (Wildman–Crippen MR) is 79.3 cm³/mol. The van der Waals surface area contributed by atoms with Crippen molar-refractivity contribution in [1.82, 2.24) is 9.97 Å². The fourth-order valence-electron chi connectivity index (χ4n) is 1.80. The number of nitrogens with one attached hydrogen (secondary N) is 2. The first-order valence-electron chi connectivity index (χ1n) is 6.52. The van der Waals surface area contributed by atoms with Gasteiger partial charge in [0, 0.05) is 18.8 Å². The Morgan fingerprint density at radius 2 is 2.05 bits per heavy atom. The number of aromatic nitrogens is 2. The predicted octanol–water partition coefficient (Wildman–Crippen LogP) is 3.22. The van der Waals surface area contributed by atoms with Gasteiger partial charge in [-0.2, -0.15) is 4.98 Å². The Hall–Kier alpha value is -2.10. The standard InChI is InChI=1S/C15H20N4/c1-11(2)18-15-16-8-7-14(19-15)17-10-13-6-4-5-12(3)9-13/h4-9,11H,10H2,1-3H3,(H2,16,17,18,19). The third-order valence-electron chi connectivity index (χ3n) is 2.63. The van der Waals surface area contributed by atoms with Crippen LogP contribution in [-0.4, -0.2) is 16.0 Å². The minimum absolute atomic E-state index is 0.326. The van der Waals surface area contributed by atoms with Crippen molar-refractivity contribution in [2.24, 2.45) is 0 Å². The molecular weight excluding hydrogens is 236 g/mol. The Balaban J connectivity index is 1.99. The van der Waals surface area contributed by atoms with E-state index in [-0.39, 0.29) is 0 Å². The van der Waals surface area contributed by atoms with E-state index in [0.29, 0.717) is 12.0 Å². The molecule has 2 N–H and O–H groups in total. The van der Waals surface area contributed by atoms with Gasteiger partial charge in [0.2, 0.25) is 5.95 Å². The highest BCUT2D eigenvalue weighted by Crippen LogP contribution is 2.10. The molecule has 100 valence electrons. The third-order valence-corrected chi connectivity index (χ3v) is 2.63. The van der Waals surface area contributed by atoms with Gasteiger partial charge in [-0.3, -0.25) is 0 Å². The molecule has 1 heterocycles. The molecule has 0 saturated heterocycles. The van der Waals surface area contributed by atoms with Crippen LogP contribution in [0.5, 0.6) is 0 Å². The highest BCUT2D eigenvalue weighted by molar-refractivity contribution is 5.40. The van der Waals surface area contributed by atoms with Gasteiger partial charge in [0.05, 0.1) is 0 Å². The number of rotatable bonds is 5. The number of aryl methyl sites for hydroxylation is 1. The summed E-state index contributed by atoms with van der Waals surface area (Å²) in [4.78, 5) is 8.60. The molecule has 4 nitrogen and oxygen atoms in total. The van der Waals surface area contributed by atoms with Gasteiger partial charge in [-0.25, -0.2) is 4.98 Å². The fourth-order valence-corrected chi connectivity index (χ4v) is 1.80. The van der Waals surface area contributed by atoms with E-state index in [9.17, 15) is 0 Å². The lowest BCUT2D eigenvalue weighted by atomic mass is 10.1. The Kier molecular flexibility index (Phi) is 4.34. The van der Waals surface area contributed by atoms with Crippen LogP contribution in [0.2, 0.25) is 0 Å². The maximum Gasteiger partial charge on any atom is 0.224 e. The number of anilines is 2. The van der Waals surface area contributed by atoms with Crippen molar-refractivity contribution >= 4 is 11.8 Å². The topological polar surface area (TPSA) is 49.8 Å². The summed E-state index contributed by atoms with van der Waals surface area (Å²) in [7, 11) is 0. The Morgan fingerprint density at radius 3 is 2.79 bits per heavy atom. The lowest BCUT2D eigenvalue weighted by Gasteiger charge is -2.10. The van der Waals surface area contributed by atoms with E-state index >= 15 is 0 Å². The molecule has 0 aliphatic heterocycles. The molecule has 1 aromatic carbocycles. The second kappa shape index (κ2) is 6.18. The van der Waals surface area contributed by atoms with E-state index in [2.05, 4.69) is 65.6 Å². The summed E-state index contributed by atoms with van der Waals surface area (Å²) in [5, 5.41) is 6.50. The van der Waals surface area contributed by atoms with E-state index in [0.717, 1.165) is 12.4 Å². The highest BCUT2D eigenvalue weighted by Gasteiger charge is 2.00. The zero-order valence-electron chi connectivity index (χ0n) is 11.6. The summed E-state index contributed by atoms with van der Waals surface area (Å²) in [6.45, 7) is 6.99. The molecule has 0 amide bonds. The van der Waals surface area contributed by atoms with Gasteiger partial charge >= 0.3 is 0 Å². The van der Waals surface area contributed by atoms with Gasteiger partial charge in [0.15, 0.2) is 0 Å². The smallest absolute Gasteiger partial charge is 0.224 e. The molecule has 2 rings (SSSR count). The quantitative estimate of drug-likeness (QED) is 0.862. The first kappa shape index (κ1) is 13.3. The summed E-state index contributed by atoms with van der Waals surface area (Å²) in [5.74, 6) is 1.49. The SMILES string of the molecule is Cc1cccc(CNc2ccnc(NC(C)C)n2)c1.